The normalized spacial score (nSPS) is 17.6. The number of benzene rings is 2. The molecule has 1 aliphatic rings. The zero-order chi connectivity index (χ0) is 17.2. The molecule has 2 aromatic carbocycles. The molecule has 0 bridgehead atoms. The first kappa shape index (κ1) is 15.8. The third-order valence-corrected chi connectivity index (χ3v) is 5.08. The summed E-state index contributed by atoms with van der Waals surface area (Å²) in [6.45, 7) is 3.00. The van der Waals surface area contributed by atoms with Crippen LogP contribution < -0.4 is 0 Å². The molecule has 3 aromatic rings. The number of piperidine rings is 1. The van der Waals surface area contributed by atoms with Gasteiger partial charge in [-0.3, -0.25) is 4.79 Å². The summed E-state index contributed by atoms with van der Waals surface area (Å²) in [6.07, 6.45) is 3.38. The van der Waals surface area contributed by atoms with Crippen LogP contribution >= 0.6 is 0 Å². The smallest absolute Gasteiger partial charge is 0.254 e. The predicted octanol–water partition coefficient (Wildman–Crippen LogP) is 4.92. The summed E-state index contributed by atoms with van der Waals surface area (Å²) in [7, 11) is 0. The second-order valence-electron chi connectivity index (χ2n) is 6.78. The molecule has 3 nitrogen and oxygen atoms in total. The van der Waals surface area contributed by atoms with Crippen LogP contribution in [-0.2, 0) is 0 Å². The van der Waals surface area contributed by atoms with E-state index in [1.807, 2.05) is 65.6 Å². The van der Waals surface area contributed by atoms with Crippen LogP contribution in [0.3, 0.4) is 0 Å². The number of carbonyl (C=O) groups is 1. The standard InChI is InChI=1S/C22H22N2O/c1-16-9-7-8-14-24(16)22(25)19-15-21(17-10-3-2-4-11-17)23-20-13-6-5-12-18(19)20/h2-6,10-13,15-16H,7-9,14H2,1H3. The molecule has 0 saturated carbocycles. The lowest BCUT2D eigenvalue weighted by Crippen LogP contribution is -2.42. The average Bonchev–Trinajstić information content (AvgIpc) is 2.67. The van der Waals surface area contributed by atoms with Gasteiger partial charge in [0.25, 0.3) is 5.91 Å². The quantitative estimate of drug-likeness (QED) is 0.668. The van der Waals surface area contributed by atoms with Gasteiger partial charge in [-0.1, -0.05) is 48.5 Å². The molecule has 0 N–H and O–H groups in total. The van der Waals surface area contributed by atoms with Gasteiger partial charge in [0.1, 0.15) is 0 Å². The number of nitrogens with zero attached hydrogens (tertiary/aromatic N) is 2. The molecular formula is C22H22N2O. The molecule has 1 unspecified atom stereocenters. The number of hydrogen-bond acceptors (Lipinski definition) is 2. The van der Waals surface area contributed by atoms with Crippen molar-refractivity contribution in [2.75, 3.05) is 6.54 Å². The Balaban J connectivity index is 1.85. The summed E-state index contributed by atoms with van der Waals surface area (Å²) >= 11 is 0. The molecule has 0 radical (unpaired) electrons. The Morgan fingerprint density at radius 2 is 1.80 bits per heavy atom. The second kappa shape index (κ2) is 6.67. The van der Waals surface area contributed by atoms with Crippen molar-refractivity contribution in [3.63, 3.8) is 0 Å². The second-order valence-corrected chi connectivity index (χ2v) is 6.78. The molecule has 1 saturated heterocycles. The van der Waals surface area contributed by atoms with Crippen LogP contribution in [0.1, 0.15) is 36.5 Å². The van der Waals surface area contributed by atoms with Gasteiger partial charge < -0.3 is 4.90 Å². The summed E-state index contributed by atoms with van der Waals surface area (Å²) in [6, 6.07) is 20.3. The molecule has 25 heavy (non-hydrogen) atoms. The fraction of sp³-hybridized carbons (Fsp3) is 0.273. The Labute approximate surface area is 148 Å². The van der Waals surface area contributed by atoms with E-state index in [1.54, 1.807) is 0 Å². The van der Waals surface area contributed by atoms with E-state index >= 15 is 0 Å². The SMILES string of the molecule is CC1CCCCN1C(=O)c1cc(-c2ccccc2)nc2ccccc12. The number of fused-ring (bicyclic) bond motifs is 1. The van der Waals surface area contributed by atoms with Crippen molar-refractivity contribution in [3.8, 4) is 11.3 Å². The molecule has 4 rings (SSSR count). The highest BCUT2D eigenvalue weighted by atomic mass is 16.2. The number of carbonyl (C=O) groups excluding carboxylic acids is 1. The number of rotatable bonds is 2. The monoisotopic (exact) mass is 330 g/mol. The molecule has 0 aliphatic carbocycles. The van der Waals surface area contributed by atoms with Gasteiger partial charge in [0, 0.05) is 23.5 Å². The van der Waals surface area contributed by atoms with Crippen molar-refractivity contribution in [2.24, 2.45) is 0 Å². The lowest BCUT2D eigenvalue weighted by atomic mass is 9.99. The van der Waals surface area contributed by atoms with Gasteiger partial charge >= 0.3 is 0 Å². The summed E-state index contributed by atoms with van der Waals surface area (Å²) < 4.78 is 0. The number of para-hydroxylation sites is 1. The third kappa shape index (κ3) is 3.02. The van der Waals surface area contributed by atoms with Crippen LogP contribution in [0.2, 0.25) is 0 Å². The van der Waals surface area contributed by atoms with Gasteiger partial charge in [0.2, 0.25) is 0 Å². The minimum absolute atomic E-state index is 0.128. The van der Waals surface area contributed by atoms with Crippen molar-refractivity contribution >= 4 is 16.8 Å². The zero-order valence-corrected chi connectivity index (χ0v) is 14.5. The molecule has 126 valence electrons. The van der Waals surface area contributed by atoms with Crippen LogP contribution in [0, 0.1) is 0 Å². The first-order valence-electron chi connectivity index (χ1n) is 9.00. The van der Waals surface area contributed by atoms with Crippen molar-refractivity contribution < 1.29 is 4.79 Å². The lowest BCUT2D eigenvalue weighted by molar-refractivity contribution is 0.0637. The van der Waals surface area contributed by atoms with E-state index in [1.165, 1.54) is 6.42 Å². The number of pyridine rings is 1. The summed E-state index contributed by atoms with van der Waals surface area (Å²) in [4.78, 5) is 20.1. The summed E-state index contributed by atoms with van der Waals surface area (Å²) in [5.41, 5.74) is 3.52. The maximum absolute atomic E-state index is 13.3. The topological polar surface area (TPSA) is 33.2 Å². The highest BCUT2D eigenvalue weighted by Crippen LogP contribution is 2.27. The summed E-state index contributed by atoms with van der Waals surface area (Å²) in [5, 5.41) is 0.935. The number of amides is 1. The zero-order valence-electron chi connectivity index (χ0n) is 14.5. The van der Waals surface area contributed by atoms with E-state index < -0.39 is 0 Å². The number of likely N-dealkylation sites (tertiary alicyclic amines) is 1. The first-order valence-corrected chi connectivity index (χ1v) is 9.00. The first-order chi connectivity index (χ1) is 12.2. The van der Waals surface area contributed by atoms with Crippen molar-refractivity contribution in [1.29, 1.82) is 0 Å². The minimum Gasteiger partial charge on any atom is -0.336 e. The largest absolute Gasteiger partial charge is 0.336 e. The Bertz CT molecular complexity index is 904. The Morgan fingerprint density at radius 1 is 1.04 bits per heavy atom. The Kier molecular flexibility index (Phi) is 4.22. The van der Waals surface area contributed by atoms with Crippen LogP contribution in [0.25, 0.3) is 22.2 Å². The molecule has 2 heterocycles. The van der Waals surface area contributed by atoms with Gasteiger partial charge in [0.15, 0.2) is 0 Å². The highest BCUT2D eigenvalue weighted by molar-refractivity contribution is 6.07. The Hall–Kier alpha value is -2.68. The van der Waals surface area contributed by atoms with Crippen molar-refractivity contribution in [1.82, 2.24) is 9.88 Å². The van der Waals surface area contributed by atoms with Crippen molar-refractivity contribution in [2.45, 2.75) is 32.2 Å². The fourth-order valence-electron chi connectivity index (χ4n) is 3.66. The van der Waals surface area contributed by atoms with Crippen molar-refractivity contribution in [3.05, 3.63) is 66.2 Å². The maximum atomic E-state index is 13.3. The van der Waals surface area contributed by atoms with Gasteiger partial charge in [-0.25, -0.2) is 4.98 Å². The van der Waals surface area contributed by atoms with E-state index in [-0.39, 0.29) is 5.91 Å². The van der Waals surface area contributed by atoms with E-state index in [4.69, 9.17) is 4.98 Å². The van der Waals surface area contributed by atoms with Crippen LogP contribution in [0.5, 0.6) is 0 Å². The van der Waals surface area contributed by atoms with Gasteiger partial charge in [-0.05, 0) is 38.3 Å². The van der Waals surface area contributed by atoms with Gasteiger partial charge in [-0.2, -0.15) is 0 Å². The molecule has 1 atom stereocenters. The molecular weight excluding hydrogens is 308 g/mol. The summed E-state index contributed by atoms with van der Waals surface area (Å²) in [5.74, 6) is 0.128. The molecule has 1 amide bonds. The predicted molar refractivity (Wildman–Crippen MR) is 102 cm³/mol. The average molecular weight is 330 g/mol. The van der Waals surface area contributed by atoms with Gasteiger partial charge in [-0.15, -0.1) is 0 Å². The fourth-order valence-corrected chi connectivity index (χ4v) is 3.66. The molecule has 1 aliphatic heterocycles. The highest BCUT2D eigenvalue weighted by Gasteiger charge is 2.26. The third-order valence-electron chi connectivity index (χ3n) is 5.08. The Morgan fingerprint density at radius 3 is 2.60 bits per heavy atom. The number of hydrogen-bond donors (Lipinski definition) is 0. The van der Waals surface area contributed by atoms with Crippen LogP contribution in [0.15, 0.2) is 60.7 Å². The molecule has 0 spiro atoms. The van der Waals surface area contributed by atoms with E-state index in [2.05, 4.69) is 6.92 Å². The van der Waals surface area contributed by atoms with Gasteiger partial charge in [0.05, 0.1) is 16.8 Å². The van der Waals surface area contributed by atoms with E-state index in [9.17, 15) is 4.79 Å². The maximum Gasteiger partial charge on any atom is 0.254 e. The molecule has 1 fully saturated rings. The van der Waals surface area contributed by atoms with E-state index in [0.29, 0.717) is 6.04 Å². The minimum atomic E-state index is 0.128. The molecule has 1 aromatic heterocycles. The van der Waals surface area contributed by atoms with E-state index in [0.717, 1.165) is 47.1 Å². The van der Waals surface area contributed by atoms with Crippen LogP contribution in [-0.4, -0.2) is 28.4 Å². The molecule has 3 heteroatoms. The number of aromatic nitrogens is 1. The lowest BCUT2D eigenvalue weighted by Gasteiger charge is -2.33. The van der Waals surface area contributed by atoms with Crippen LogP contribution in [0.4, 0.5) is 0 Å².